The van der Waals surface area contributed by atoms with Crippen LogP contribution in [-0.4, -0.2) is 18.9 Å². The van der Waals surface area contributed by atoms with Gasteiger partial charge in [0, 0.05) is 18.3 Å². The quantitative estimate of drug-likeness (QED) is 0.735. The smallest absolute Gasteiger partial charge is 0.153 e. The van der Waals surface area contributed by atoms with E-state index in [-0.39, 0.29) is 0 Å². The molecule has 0 radical (unpaired) electrons. The zero-order chi connectivity index (χ0) is 11.7. The molecule has 16 heavy (non-hydrogen) atoms. The molecule has 0 aliphatic carbocycles. The molecule has 2 nitrogen and oxygen atoms in total. The van der Waals surface area contributed by atoms with Gasteiger partial charge in [-0.1, -0.05) is 24.6 Å². The highest BCUT2D eigenvalue weighted by Gasteiger charge is 2.27. The minimum absolute atomic E-state index is 0.479. The average molecular weight is 238 g/mol. The molecule has 1 heterocycles. The highest BCUT2D eigenvalue weighted by molar-refractivity contribution is 6.33. The number of anilines is 1. The van der Waals surface area contributed by atoms with E-state index in [0.29, 0.717) is 22.5 Å². The molecule has 0 saturated carbocycles. The normalized spacial score (nSPS) is 24.8. The molecule has 1 aliphatic rings. The Balaban J connectivity index is 2.40. The van der Waals surface area contributed by atoms with Crippen molar-refractivity contribution >= 4 is 23.6 Å². The molecule has 0 spiro atoms. The van der Waals surface area contributed by atoms with Crippen LogP contribution in [-0.2, 0) is 0 Å². The summed E-state index contributed by atoms with van der Waals surface area (Å²) in [6, 6.07) is 6.12. The number of hydrogen-bond donors (Lipinski definition) is 0. The molecule has 1 saturated heterocycles. The third-order valence-corrected chi connectivity index (χ3v) is 3.57. The maximum Gasteiger partial charge on any atom is 0.153 e. The summed E-state index contributed by atoms with van der Waals surface area (Å²) in [6.45, 7) is 5.43. The lowest BCUT2D eigenvalue weighted by Crippen LogP contribution is -2.27. The first kappa shape index (κ1) is 11.5. The lowest BCUT2D eigenvalue weighted by molar-refractivity contribution is 0.112. The molecule has 2 rings (SSSR count). The molecule has 1 aliphatic heterocycles. The van der Waals surface area contributed by atoms with E-state index in [2.05, 4.69) is 18.7 Å². The van der Waals surface area contributed by atoms with Crippen LogP contribution >= 0.6 is 11.6 Å². The number of rotatable bonds is 2. The molecule has 0 bridgehead atoms. The maximum atomic E-state index is 11.1. The molecule has 3 heteroatoms. The number of halogens is 1. The lowest BCUT2D eigenvalue weighted by Gasteiger charge is -2.25. The molecule has 2 atom stereocenters. The molecule has 0 N–H and O–H groups in total. The van der Waals surface area contributed by atoms with Gasteiger partial charge in [0.15, 0.2) is 6.29 Å². The Morgan fingerprint density at radius 2 is 2.19 bits per heavy atom. The Hall–Kier alpha value is -1.02. The second-order valence-electron chi connectivity index (χ2n) is 4.63. The first-order valence-corrected chi connectivity index (χ1v) is 6.01. The number of hydrogen-bond acceptors (Lipinski definition) is 2. The third-order valence-electron chi connectivity index (χ3n) is 3.24. The standard InChI is InChI=1S/C13H16ClNO/c1-9-6-10(2)15(7-9)13-5-3-4-12(14)11(13)8-16/h3-5,8-10H,6-7H2,1-2H3. The fraction of sp³-hybridized carbons (Fsp3) is 0.462. The number of carbonyl (C=O) groups is 1. The summed E-state index contributed by atoms with van der Waals surface area (Å²) in [7, 11) is 0. The van der Waals surface area contributed by atoms with Crippen molar-refractivity contribution in [1.82, 2.24) is 0 Å². The largest absolute Gasteiger partial charge is 0.368 e. The monoisotopic (exact) mass is 237 g/mol. The van der Waals surface area contributed by atoms with E-state index < -0.39 is 0 Å². The molecule has 86 valence electrons. The van der Waals surface area contributed by atoms with Gasteiger partial charge in [0.2, 0.25) is 0 Å². The van der Waals surface area contributed by atoms with Crippen LogP contribution in [0.3, 0.4) is 0 Å². The van der Waals surface area contributed by atoms with Gasteiger partial charge in [-0.15, -0.1) is 0 Å². The van der Waals surface area contributed by atoms with E-state index in [1.807, 2.05) is 12.1 Å². The van der Waals surface area contributed by atoms with Crippen molar-refractivity contribution in [2.45, 2.75) is 26.3 Å². The summed E-state index contributed by atoms with van der Waals surface area (Å²) >= 11 is 6.03. The van der Waals surface area contributed by atoms with Crippen LogP contribution in [0.2, 0.25) is 5.02 Å². The Labute approximate surface area is 101 Å². The van der Waals surface area contributed by atoms with Crippen LogP contribution in [0.15, 0.2) is 18.2 Å². The molecule has 0 aromatic heterocycles. The molecule has 0 amide bonds. The summed E-state index contributed by atoms with van der Waals surface area (Å²) in [6.07, 6.45) is 2.03. The number of carbonyl (C=O) groups excluding carboxylic acids is 1. The molecule has 1 aromatic carbocycles. The van der Waals surface area contributed by atoms with Crippen LogP contribution < -0.4 is 4.90 Å². The summed E-state index contributed by atoms with van der Waals surface area (Å²) in [5.41, 5.74) is 1.59. The second kappa shape index (κ2) is 4.46. The van der Waals surface area contributed by atoms with Crippen LogP contribution in [0, 0.1) is 5.92 Å². The Bertz CT molecular complexity index is 405. The van der Waals surface area contributed by atoms with Gasteiger partial charge in [0.1, 0.15) is 0 Å². The van der Waals surface area contributed by atoms with Gasteiger partial charge in [0.25, 0.3) is 0 Å². The van der Waals surface area contributed by atoms with Gasteiger partial charge in [-0.05, 0) is 31.4 Å². The number of aldehydes is 1. The fourth-order valence-corrected chi connectivity index (χ4v) is 2.74. The lowest BCUT2D eigenvalue weighted by atomic mass is 10.1. The Morgan fingerprint density at radius 1 is 1.44 bits per heavy atom. The highest BCUT2D eigenvalue weighted by atomic mass is 35.5. The predicted octanol–water partition coefficient (Wildman–Crippen LogP) is 3.39. The van der Waals surface area contributed by atoms with Crippen molar-refractivity contribution < 1.29 is 4.79 Å². The van der Waals surface area contributed by atoms with Gasteiger partial charge >= 0.3 is 0 Å². The summed E-state index contributed by atoms with van der Waals surface area (Å²) in [5, 5.41) is 0.541. The van der Waals surface area contributed by atoms with E-state index in [4.69, 9.17) is 11.6 Å². The first-order valence-electron chi connectivity index (χ1n) is 5.63. The Morgan fingerprint density at radius 3 is 2.75 bits per heavy atom. The highest BCUT2D eigenvalue weighted by Crippen LogP contribution is 2.33. The SMILES string of the molecule is CC1CC(C)N(c2cccc(Cl)c2C=O)C1. The minimum Gasteiger partial charge on any atom is -0.368 e. The van der Waals surface area contributed by atoms with Crippen LogP contribution in [0.25, 0.3) is 0 Å². The fourth-order valence-electron chi connectivity index (χ4n) is 2.53. The minimum atomic E-state index is 0.479. The van der Waals surface area contributed by atoms with Crippen molar-refractivity contribution in [2.75, 3.05) is 11.4 Å². The maximum absolute atomic E-state index is 11.1. The van der Waals surface area contributed by atoms with E-state index in [1.165, 1.54) is 6.42 Å². The Kier molecular flexibility index (Phi) is 3.20. The van der Waals surface area contributed by atoms with Gasteiger partial charge in [-0.3, -0.25) is 4.79 Å². The van der Waals surface area contributed by atoms with Crippen molar-refractivity contribution in [2.24, 2.45) is 5.92 Å². The zero-order valence-electron chi connectivity index (χ0n) is 9.61. The second-order valence-corrected chi connectivity index (χ2v) is 5.04. The van der Waals surface area contributed by atoms with Gasteiger partial charge < -0.3 is 4.90 Å². The van der Waals surface area contributed by atoms with Crippen molar-refractivity contribution in [1.29, 1.82) is 0 Å². The summed E-state index contributed by atoms with van der Waals surface area (Å²) < 4.78 is 0. The van der Waals surface area contributed by atoms with Gasteiger partial charge in [0.05, 0.1) is 10.6 Å². The molecule has 2 unspecified atom stereocenters. The molecule has 1 fully saturated rings. The average Bonchev–Trinajstić information content (AvgIpc) is 2.57. The molecule has 1 aromatic rings. The van der Waals surface area contributed by atoms with Crippen molar-refractivity contribution in [3.63, 3.8) is 0 Å². The molecular formula is C13H16ClNO. The van der Waals surface area contributed by atoms with Crippen molar-refractivity contribution in [3.05, 3.63) is 28.8 Å². The number of nitrogens with zero attached hydrogens (tertiary/aromatic N) is 1. The van der Waals surface area contributed by atoms with Gasteiger partial charge in [-0.25, -0.2) is 0 Å². The van der Waals surface area contributed by atoms with E-state index >= 15 is 0 Å². The predicted molar refractivity (Wildman–Crippen MR) is 67.4 cm³/mol. The van der Waals surface area contributed by atoms with Crippen LogP contribution in [0.5, 0.6) is 0 Å². The third kappa shape index (κ3) is 1.94. The number of benzene rings is 1. The summed E-state index contributed by atoms with van der Waals surface area (Å²) in [5.74, 6) is 0.675. The van der Waals surface area contributed by atoms with Crippen LogP contribution in [0.4, 0.5) is 5.69 Å². The van der Waals surface area contributed by atoms with Crippen LogP contribution in [0.1, 0.15) is 30.6 Å². The van der Waals surface area contributed by atoms with Gasteiger partial charge in [-0.2, -0.15) is 0 Å². The molecular weight excluding hydrogens is 222 g/mol. The first-order chi connectivity index (χ1) is 7.63. The zero-order valence-corrected chi connectivity index (χ0v) is 10.4. The van der Waals surface area contributed by atoms with E-state index in [0.717, 1.165) is 18.5 Å². The topological polar surface area (TPSA) is 20.3 Å². The van der Waals surface area contributed by atoms with Crippen molar-refractivity contribution in [3.8, 4) is 0 Å². The summed E-state index contributed by atoms with van der Waals surface area (Å²) in [4.78, 5) is 13.4. The van der Waals surface area contributed by atoms with E-state index in [9.17, 15) is 4.79 Å². The van der Waals surface area contributed by atoms with E-state index in [1.54, 1.807) is 6.07 Å².